The lowest BCUT2D eigenvalue weighted by Crippen LogP contribution is -2.33. The lowest BCUT2D eigenvalue weighted by atomic mass is 10.1. The Labute approximate surface area is 176 Å². The molecule has 0 amide bonds. The third kappa shape index (κ3) is 5.20. The van der Waals surface area contributed by atoms with Crippen LogP contribution in [0.2, 0.25) is 0 Å². The zero-order chi connectivity index (χ0) is 22.2. The van der Waals surface area contributed by atoms with Crippen molar-refractivity contribution in [2.24, 2.45) is 0 Å². The Hall–Kier alpha value is -2.99. The molecule has 0 bridgehead atoms. The number of aromatic nitrogens is 3. The summed E-state index contributed by atoms with van der Waals surface area (Å²) in [4.78, 5) is 12.1. The number of nitrogens with zero attached hydrogens (tertiary/aromatic N) is 3. The highest BCUT2D eigenvalue weighted by Crippen LogP contribution is 2.38. The van der Waals surface area contributed by atoms with Crippen LogP contribution < -0.4 is 14.2 Å². The summed E-state index contributed by atoms with van der Waals surface area (Å²) in [5.41, 5.74) is 0.825. The van der Waals surface area contributed by atoms with E-state index in [0.717, 1.165) is 6.20 Å². The van der Waals surface area contributed by atoms with Crippen molar-refractivity contribution in [3.8, 4) is 5.88 Å². The summed E-state index contributed by atoms with van der Waals surface area (Å²) in [5.74, 6) is -1.04. The summed E-state index contributed by atoms with van der Waals surface area (Å²) in [6, 6.07) is 8.83. The summed E-state index contributed by atoms with van der Waals surface area (Å²) in [6.07, 6.45) is -4.81. The van der Waals surface area contributed by atoms with E-state index < -0.39 is 34.2 Å². The molecule has 1 aliphatic carbocycles. The van der Waals surface area contributed by atoms with Crippen LogP contribution in [0.25, 0.3) is 11.0 Å². The molecule has 1 unspecified atom stereocenters. The fourth-order valence-electron chi connectivity index (χ4n) is 2.78. The summed E-state index contributed by atoms with van der Waals surface area (Å²) in [7, 11) is -4.08. The molecule has 1 atom stereocenters. The molecule has 0 saturated heterocycles. The lowest BCUT2D eigenvalue weighted by molar-refractivity contribution is -0.198. The normalized spacial score (nSPS) is 15.6. The number of halogens is 3. The number of anilines is 1. The summed E-state index contributed by atoms with van der Waals surface area (Å²) in [6.45, 7) is 1.64. The van der Waals surface area contributed by atoms with Gasteiger partial charge in [0.25, 0.3) is 5.88 Å². The van der Waals surface area contributed by atoms with Gasteiger partial charge < -0.3 is 4.74 Å². The van der Waals surface area contributed by atoms with Crippen LogP contribution in [-0.2, 0) is 10.2 Å². The predicted octanol–water partition coefficient (Wildman–Crippen LogP) is 3.42. The molecule has 12 heteroatoms. The molecular formula is C19H18F3N5O3S. The third-order valence-corrected chi connectivity index (χ3v) is 5.54. The number of pyridine rings is 1. The quantitative estimate of drug-likeness (QED) is 0.568. The molecular weight excluding hydrogens is 435 g/mol. The fourth-order valence-corrected chi connectivity index (χ4v) is 3.90. The average molecular weight is 453 g/mol. The van der Waals surface area contributed by atoms with Crippen LogP contribution in [0.5, 0.6) is 5.88 Å². The van der Waals surface area contributed by atoms with Gasteiger partial charge in [0.1, 0.15) is 0 Å². The van der Waals surface area contributed by atoms with Gasteiger partial charge in [0.05, 0.1) is 11.0 Å². The molecule has 1 aromatic carbocycles. The standard InChI is InChI=1S/C19H18F3N5O3S/c1-11-6-7-12(10-23-11)16(19(20,21)22)30-18-17(27-31(28,29)26-13-8-9-13)24-14-4-2-3-5-15(14)25-18/h2-7,10,13,16,26H,8-9H2,1H3,(H,24,27). The van der Waals surface area contributed by atoms with Crippen LogP contribution in [0.15, 0.2) is 42.6 Å². The Kier molecular flexibility index (Phi) is 5.43. The maximum atomic E-state index is 13.8. The van der Waals surface area contributed by atoms with Crippen molar-refractivity contribution in [3.05, 3.63) is 53.9 Å². The Bertz CT molecular complexity index is 1200. The fraction of sp³-hybridized carbons (Fsp3) is 0.316. The largest absolute Gasteiger partial charge is 0.457 e. The van der Waals surface area contributed by atoms with E-state index in [1.54, 1.807) is 25.1 Å². The molecule has 4 rings (SSSR count). The van der Waals surface area contributed by atoms with E-state index in [4.69, 9.17) is 4.74 Å². The molecule has 1 fully saturated rings. The van der Waals surface area contributed by atoms with Gasteiger partial charge in [-0.25, -0.2) is 9.97 Å². The maximum absolute atomic E-state index is 13.8. The second kappa shape index (κ2) is 7.93. The zero-order valence-electron chi connectivity index (χ0n) is 16.2. The SMILES string of the molecule is Cc1ccc(C(Oc2nc3ccccc3nc2NS(=O)(=O)NC2CC2)C(F)(F)F)cn1. The van der Waals surface area contributed by atoms with E-state index in [-0.39, 0.29) is 17.1 Å². The number of ether oxygens (including phenoxy) is 1. The molecule has 1 saturated carbocycles. The molecule has 1 aliphatic rings. The number of rotatable bonds is 7. The van der Waals surface area contributed by atoms with E-state index in [2.05, 4.69) is 24.4 Å². The van der Waals surface area contributed by atoms with Crippen molar-refractivity contribution in [2.75, 3.05) is 4.72 Å². The van der Waals surface area contributed by atoms with E-state index in [1.807, 2.05) is 0 Å². The van der Waals surface area contributed by atoms with Crippen molar-refractivity contribution in [1.29, 1.82) is 0 Å². The van der Waals surface area contributed by atoms with Gasteiger partial charge in [0.2, 0.25) is 11.9 Å². The Morgan fingerprint density at radius 2 is 1.77 bits per heavy atom. The minimum Gasteiger partial charge on any atom is -0.457 e. The highest BCUT2D eigenvalue weighted by atomic mass is 32.2. The van der Waals surface area contributed by atoms with Crippen LogP contribution in [0, 0.1) is 6.92 Å². The van der Waals surface area contributed by atoms with Gasteiger partial charge in [-0.2, -0.15) is 26.3 Å². The van der Waals surface area contributed by atoms with Crippen molar-refractivity contribution < 1.29 is 26.3 Å². The summed E-state index contributed by atoms with van der Waals surface area (Å²) >= 11 is 0. The second-order valence-corrected chi connectivity index (χ2v) is 8.58. The van der Waals surface area contributed by atoms with E-state index in [9.17, 15) is 21.6 Å². The highest BCUT2D eigenvalue weighted by Gasteiger charge is 2.44. The Morgan fingerprint density at radius 3 is 2.35 bits per heavy atom. The Morgan fingerprint density at radius 1 is 1.10 bits per heavy atom. The number of benzene rings is 1. The summed E-state index contributed by atoms with van der Waals surface area (Å²) < 4.78 is 75.9. The first-order chi connectivity index (χ1) is 14.6. The van der Waals surface area contributed by atoms with E-state index >= 15 is 0 Å². The zero-order valence-corrected chi connectivity index (χ0v) is 17.0. The predicted molar refractivity (Wildman–Crippen MR) is 107 cm³/mol. The van der Waals surface area contributed by atoms with Crippen LogP contribution in [0.3, 0.4) is 0 Å². The van der Waals surface area contributed by atoms with Crippen LogP contribution >= 0.6 is 0 Å². The number of nitrogens with one attached hydrogen (secondary N) is 2. The monoisotopic (exact) mass is 453 g/mol. The van der Waals surface area contributed by atoms with Gasteiger partial charge in [0, 0.05) is 23.5 Å². The third-order valence-electron chi connectivity index (χ3n) is 4.43. The maximum Gasteiger partial charge on any atom is 0.429 e. The van der Waals surface area contributed by atoms with E-state index in [1.165, 1.54) is 18.2 Å². The van der Waals surface area contributed by atoms with Gasteiger partial charge in [-0.05, 0) is 38.0 Å². The second-order valence-electron chi connectivity index (χ2n) is 7.14. The number of fused-ring (bicyclic) bond motifs is 1. The molecule has 2 aromatic heterocycles. The average Bonchev–Trinajstić information content (AvgIpc) is 3.49. The van der Waals surface area contributed by atoms with Gasteiger partial charge in [-0.15, -0.1) is 0 Å². The van der Waals surface area contributed by atoms with Crippen LogP contribution in [-0.4, -0.2) is 35.6 Å². The van der Waals surface area contributed by atoms with Gasteiger partial charge in [0.15, 0.2) is 0 Å². The first kappa shape index (κ1) is 21.2. The minimum atomic E-state index is -4.81. The van der Waals surface area contributed by atoms with Crippen molar-refractivity contribution >= 4 is 27.1 Å². The number of hydrogen-bond donors (Lipinski definition) is 2. The Balaban J connectivity index is 1.75. The lowest BCUT2D eigenvalue weighted by Gasteiger charge is -2.22. The van der Waals surface area contributed by atoms with Gasteiger partial charge in [-0.3, -0.25) is 9.71 Å². The molecule has 0 spiro atoms. The molecule has 164 valence electrons. The molecule has 31 heavy (non-hydrogen) atoms. The van der Waals surface area contributed by atoms with Crippen molar-refractivity contribution in [3.63, 3.8) is 0 Å². The number of alkyl halides is 3. The first-order valence-electron chi connectivity index (χ1n) is 9.33. The van der Waals surface area contributed by atoms with Crippen LogP contribution in [0.1, 0.15) is 30.2 Å². The highest BCUT2D eigenvalue weighted by molar-refractivity contribution is 7.90. The summed E-state index contributed by atoms with van der Waals surface area (Å²) in [5, 5.41) is 0. The van der Waals surface area contributed by atoms with Gasteiger partial charge >= 0.3 is 16.4 Å². The van der Waals surface area contributed by atoms with Crippen molar-refractivity contribution in [1.82, 2.24) is 19.7 Å². The van der Waals surface area contributed by atoms with E-state index in [0.29, 0.717) is 24.1 Å². The number of hydrogen-bond acceptors (Lipinski definition) is 6. The number of aryl methyl sites for hydroxylation is 1. The number of para-hydroxylation sites is 2. The molecule has 2 heterocycles. The molecule has 3 aromatic rings. The molecule has 0 aliphatic heterocycles. The molecule has 8 nitrogen and oxygen atoms in total. The van der Waals surface area contributed by atoms with Crippen molar-refractivity contribution in [2.45, 2.75) is 38.1 Å². The first-order valence-corrected chi connectivity index (χ1v) is 10.8. The minimum absolute atomic E-state index is 0.211. The van der Waals surface area contributed by atoms with Crippen LogP contribution in [0.4, 0.5) is 19.0 Å². The van der Waals surface area contributed by atoms with Gasteiger partial charge in [-0.1, -0.05) is 18.2 Å². The molecule has 0 radical (unpaired) electrons. The molecule has 2 N–H and O–H groups in total. The smallest absolute Gasteiger partial charge is 0.429 e. The topological polar surface area (TPSA) is 106 Å².